The maximum absolute atomic E-state index is 10.3. The van der Waals surface area contributed by atoms with Gasteiger partial charge in [0, 0.05) is 12.0 Å². The van der Waals surface area contributed by atoms with Gasteiger partial charge in [-0.3, -0.25) is 4.79 Å². The lowest BCUT2D eigenvalue weighted by molar-refractivity contribution is -0.136. The highest BCUT2D eigenvalue weighted by Gasteiger charge is 1.98. The van der Waals surface area contributed by atoms with Crippen LogP contribution in [0.25, 0.3) is 6.08 Å². The number of hydrogen-bond acceptors (Lipinski definition) is 2. The van der Waals surface area contributed by atoms with Crippen LogP contribution in [-0.2, 0) is 4.79 Å². The first kappa shape index (κ1) is 12.3. The Morgan fingerprint density at radius 1 is 1.44 bits per heavy atom. The van der Waals surface area contributed by atoms with Crippen LogP contribution < -0.4 is 4.74 Å². The molecular formula is C13H16O3. The first-order valence-electron chi connectivity index (χ1n) is 5.34. The molecule has 1 aromatic rings. The molecule has 0 atom stereocenters. The average molecular weight is 220 g/mol. The van der Waals surface area contributed by atoms with Crippen LogP contribution in [0.15, 0.2) is 30.3 Å². The number of allylic oxidation sites excluding steroid dienone is 1. The molecule has 0 bridgehead atoms. The zero-order chi connectivity index (χ0) is 11.8. The monoisotopic (exact) mass is 220 g/mol. The molecule has 0 unspecified atom stereocenters. The fourth-order valence-corrected chi connectivity index (χ4v) is 1.32. The van der Waals surface area contributed by atoms with Gasteiger partial charge in [0.25, 0.3) is 0 Å². The Labute approximate surface area is 95.4 Å². The maximum Gasteiger partial charge on any atom is 0.303 e. The number of aliphatic carboxylic acids is 1. The lowest BCUT2D eigenvalue weighted by Gasteiger charge is -2.05. The van der Waals surface area contributed by atoms with Crippen LogP contribution >= 0.6 is 0 Å². The summed E-state index contributed by atoms with van der Waals surface area (Å²) in [5.41, 5.74) is 0.981. The number of hydrogen-bond donors (Lipinski definition) is 1. The van der Waals surface area contributed by atoms with Crippen LogP contribution in [-0.4, -0.2) is 17.7 Å². The van der Waals surface area contributed by atoms with E-state index in [0.717, 1.165) is 11.3 Å². The van der Waals surface area contributed by atoms with Crippen molar-refractivity contribution in [3.05, 3.63) is 35.9 Å². The van der Waals surface area contributed by atoms with Gasteiger partial charge in [0.2, 0.25) is 0 Å². The number of benzene rings is 1. The van der Waals surface area contributed by atoms with Gasteiger partial charge in [0.1, 0.15) is 5.75 Å². The van der Waals surface area contributed by atoms with Crippen molar-refractivity contribution in [3.63, 3.8) is 0 Å². The van der Waals surface area contributed by atoms with Gasteiger partial charge >= 0.3 is 5.97 Å². The van der Waals surface area contributed by atoms with Crippen molar-refractivity contribution < 1.29 is 14.6 Å². The number of carboxylic acids is 1. The van der Waals surface area contributed by atoms with E-state index < -0.39 is 5.97 Å². The van der Waals surface area contributed by atoms with Gasteiger partial charge in [-0.1, -0.05) is 30.4 Å². The van der Waals surface area contributed by atoms with E-state index in [4.69, 9.17) is 9.84 Å². The van der Waals surface area contributed by atoms with E-state index in [2.05, 4.69) is 0 Å². The van der Waals surface area contributed by atoms with Crippen LogP contribution in [0.3, 0.4) is 0 Å². The molecule has 0 saturated carbocycles. The van der Waals surface area contributed by atoms with E-state index in [1.807, 2.05) is 43.3 Å². The molecule has 16 heavy (non-hydrogen) atoms. The van der Waals surface area contributed by atoms with Crippen LogP contribution in [0.2, 0.25) is 0 Å². The Hall–Kier alpha value is -1.77. The summed E-state index contributed by atoms with van der Waals surface area (Å²) < 4.78 is 5.45. The maximum atomic E-state index is 10.3. The second-order valence-electron chi connectivity index (χ2n) is 3.31. The average Bonchev–Trinajstić information content (AvgIpc) is 2.26. The summed E-state index contributed by atoms with van der Waals surface area (Å²) in [4.78, 5) is 10.3. The van der Waals surface area contributed by atoms with E-state index in [0.29, 0.717) is 13.0 Å². The molecule has 0 saturated heterocycles. The number of rotatable bonds is 6. The fourth-order valence-electron chi connectivity index (χ4n) is 1.32. The second-order valence-corrected chi connectivity index (χ2v) is 3.31. The van der Waals surface area contributed by atoms with Crippen molar-refractivity contribution in [1.29, 1.82) is 0 Å². The van der Waals surface area contributed by atoms with Crippen molar-refractivity contribution in [2.75, 3.05) is 6.61 Å². The number of ether oxygens (including phenoxy) is 1. The number of carboxylic acid groups (broad SMARTS) is 1. The van der Waals surface area contributed by atoms with Gasteiger partial charge < -0.3 is 9.84 Å². The Kier molecular flexibility index (Phi) is 5.12. The highest BCUT2D eigenvalue weighted by Crippen LogP contribution is 2.19. The molecule has 0 aliphatic heterocycles. The predicted molar refractivity (Wildman–Crippen MR) is 63.5 cm³/mol. The molecule has 0 amide bonds. The predicted octanol–water partition coefficient (Wildman–Crippen LogP) is 2.96. The molecule has 3 nitrogen and oxygen atoms in total. The lowest BCUT2D eigenvalue weighted by Crippen LogP contribution is -1.93. The van der Waals surface area contributed by atoms with Crippen molar-refractivity contribution >= 4 is 12.0 Å². The van der Waals surface area contributed by atoms with E-state index >= 15 is 0 Å². The Balaban J connectivity index is 2.61. The van der Waals surface area contributed by atoms with Crippen LogP contribution in [0, 0.1) is 0 Å². The largest absolute Gasteiger partial charge is 0.493 e. The zero-order valence-electron chi connectivity index (χ0n) is 9.35. The minimum atomic E-state index is -0.775. The minimum absolute atomic E-state index is 0.160. The molecule has 0 aliphatic rings. The molecule has 0 aliphatic carbocycles. The van der Waals surface area contributed by atoms with Gasteiger partial charge in [-0.05, 0) is 19.4 Å². The minimum Gasteiger partial charge on any atom is -0.493 e. The third-order valence-electron chi connectivity index (χ3n) is 2.04. The third kappa shape index (κ3) is 4.17. The molecule has 3 heteroatoms. The van der Waals surface area contributed by atoms with Crippen molar-refractivity contribution in [3.8, 4) is 5.75 Å². The Morgan fingerprint density at radius 3 is 2.88 bits per heavy atom. The molecule has 0 spiro atoms. The Bertz CT molecular complexity index is 369. The summed E-state index contributed by atoms with van der Waals surface area (Å²) in [7, 11) is 0. The summed E-state index contributed by atoms with van der Waals surface area (Å²) >= 11 is 0. The highest BCUT2D eigenvalue weighted by atomic mass is 16.5. The number of carbonyl (C=O) groups is 1. The standard InChI is InChI=1S/C13H16O3/c1-2-16-12-9-5-3-7-11(12)8-4-6-10-13(14)15/h3-5,7-9H,2,6,10H2,1H3,(H,14,15). The molecule has 1 N–H and O–H groups in total. The SMILES string of the molecule is CCOc1ccccc1C=CCCC(=O)O. The lowest BCUT2D eigenvalue weighted by atomic mass is 10.1. The normalized spacial score (nSPS) is 10.6. The molecule has 1 rings (SSSR count). The topological polar surface area (TPSA) is 46.5 Å². The van der Waals surface area contributed by atoms with Gasteiger partial charge in [0.05, 0.1) is 6.61 Å². The van der Waals surface area contributed by atoms with Gasteiger partial charge in [-0.2, -0.15) is 0 Å². The summed E-state index contributed by atoms with van der Waals surface area (Å²) in [5.74, 6) is 0.0549. The first-order chi connectivity index (χ1) is 7.74. The van der Waals surface area contributed by atoms with Gasteiger partial charge in [0.15, 0.2) is 0 Å². The van der Waals surface area contributed by atoms with Crippen LogP contribution in [0.4, 0.5) is 0 Å². The van der Waals surface area contributed by atoms with Crippen molar-refractivity contribution in [2.24, 2.45) is 0 Å². The zero-order valence-corrected chi connectivity index (χ0v) is 9.35. The molecule has 0 aromatic heterocycles. The summed E-state index contributed by atoms with van der Waals surface area (Å²) in [6, 6.07) is 7.70. The number of para-hydroxylation sites is 1. The molecular weight excluding hydrogens is 204 g/mol. The van der Waals surface area contributed by atoms with E-state index in [9.17, 15) is 4.79 Å². The smallest absolute Gasteiger partial charge is 0.303 e. The van der Waals surface area contributed by atoms with Crippen LogP contribution in [0.1, 0.15) is 25.3 Å². The van der Waals surface area contributed by atoms with Crippen LogP contribution in [0.5, 0.6) is 5.75 Å². The van der Waals surface area contributed by atoms with E-state index in [-0.39, 0.29) is 6.42 Å². The quantitative estimate of drug-likeness (QED) is 0.801. The molecule has 0 heterocycles. The molecule has 1 aromatic carbocycles. The highest BCUT2D eigenvalue weighted by molar-refractivity contribution is 5.67. The molecule has 0 radical (unpaired) electrons. The Morgan fingerprint density at radius 2 is 2.19 bits per heavy atom. The second kappa shape index (κ2) is 6.67. The molecule has 86 valence electrons. The summed E-state index contributed by atoms with van der Waals surface area (Å²) in [6.07, 6.45) is 4.45. The van der Waals surface area contributed by atoms with Gasteiger partial charge in [-0.25, -0.2) is 0 Å². The van der Waals surface area contributed by atoms with Gasteiger partial charge in [-0.15, -0.1) is 0 Å². The summed E-state index contributed by atoms with van der Waals surface area (Å²) in [6.45, 7) is 2.56. The fraction of sp³-hybridized carbons (Fsp3) is 0.308. The van der Waals surface area contributed by atoms with Crippen molar-refractivity contribution in [1.82, 2.24) is 0 Å². The molecule has 0 fully saturated rings. The van der Waals surface area contributed by atoms with E-state index in [1.54, 1.807) is 0 Å². The first-order valence-corrected chi connectivity index (χ1v) is 5.34. The van der Waals surface area contributed by atoms with E-state index in [1.165, 1.54) is 0 Å². The third-order valence-corrected chi connectivity index (χ3v) is 2.04. The summed E-state index contributed by atoms with van der Waals surface area (Å²) in [5, 5.41) is 8.49. The van der Waals surface area contributed by atoms with Crippen molar-refractivity contribution in [2.45, 2.75) is 19.8 Å².